The van der Waals surface area contributed by atoms with Crippen molar-refractivity contribution >= 4 is 5.91 Å². The number of hydrogen-bond acceptors (Lipinski definition) is 3. The molecular formula is C12H14N2O2. The minimum Gasteiger partial charge on any atom is -0.477 e. The first-order valence-electron chi connectivity index (χ1n) is 5.62. The SMILES string of the molecule is O=C1[C@H](Oc2ccccc2)[C@@H]2NCCCN12. The van der Waals surface area contributed by atoms with Gasteiger partial charge in [-0.15, -0.1) is 0 Å². The van der Waals surface area contributed by atoms with Crippen LogP contribution in [0, 0.1) is 0 Å². The summed E-state index contributed by atoms with van der Waals surface area (Å²) in [5.74, 6) is 0.855. The molecule has 4 nitrogen and oxygen atoms in total. The number of amides is 1. The Morgan fingerprint density at radius 1 is 1.31 bits per heavy atom. The first-order valence-corrected chi connectivity index (χ1v) is 5.62. The van der Waals surface area contributed by atoms with Crippen molar-refractivity contribution in [1.82, 2.24) is 10.2 Å². The van der Waals surface area contributed by atoms with Gasteiger partial charge in [0.2, 0.25) is 6.10 Å². The van der Waals surface area contributed by atoms with E-state index >= 15 is 0 Å². The normalized spacial score (nSPS) is 28.2. The van der Waals surface area contributed by atoms with Crippen LogP contribution in [0.3, 0.4) is 0 Å². The van der Waals surface area contributed by atoms with Crippen LogP contribution in [0.1, 0.15) is 6.42 Å². The topological polar surface area (TPSA) is 41.6 Å². The standard InChI is InChI=1S/C12H14N2O2/c15-12-10(11-13-7-4-8-14(11)12)16-9-5-2-1-3-6-9/h1-3,5-6,10-11,13H,4,7-8H2/t10-,11-/m1/s1. The molecule has 4 heteroatoms. The van der Waals surface area contributed by atoms with Gasteiger partial charge in [0.1, 0.15) is 11.9 Å². The second kappa shape index (κ2) is 3.79. The van der Waals surface area contributed by atoms with E-state index in [-0.39, 0.29) is 18.2 Å². The van der Waals surface area contributed by atoms with Gasteiger partial charge in [-0.3, -0.25) is 10.1 Å². The highest BCUT2D eigenvalue weighted by atomic mass is 16.5. The van der Waals surface area contributed by atoms with E-state index in [9.17, 15) is 4.79 Å². The Bertz CT molecular complexity index is 393. The van der Waals surface area contributed by atoms with Crippen LogP contribution in [-0.2, 0) is 4.79 Å². The number of β-lactam (4-membered cyclic amide) rings is 1. The summed E-state index contributed by atoms with van der Waals surface area (Å²) in [5.41, 5.74) is 0. The molecule has 1 aromatic rings. The number of benzene rings is 1. The summed E-state index contributed by atoms with van der Waals surface area (Å²) >= 11 is 0. The second-order valence-electron chi connectivity index (χ2n) is 4.14. The van der Waals surface area contributed by atoms with Gasteiger partial charge < -0.3 is 9.64 Å². The zero-order chi connectivity index (χ0) is 11.0. The van der Waals surface area contributed by atoms with Crippen LogP contribution in [0.25, 0.3) is 0 Å². The average molecular weight is 218 g/mol. The maximum Gasteiger partial charge on any atom is 0.268 e. The molecule has 2 aliphatic rings. The van der Waals surface area contributed by atoms with Gasteiger partial charge >= 0.3 is 0 Å². The Morgan fingerprint density at radius 2 is 2.12 bits per heavy atom. The molecule has 0 bridgehead atoms. The van der Waals surface area contributed by atoms with E-state index < -0.39 is 0 Å². The lowest BCUT2D eigenvalue weighted by atomic mass is 10.0. The Labute approximate surface area is 94.2 Å². The van der Waals surface area contributed by atoms with Crippen LogP contribution in [-0.4, -0.2) is 36.2 Å². The summed E-state index contributed by atoms with van der Waals surface area (Å²) in [6.45, 7) is 1.81. The van der Waals surface area contributed by atoms with Crippen LogP contribution >= 0.6 is 0 Å². The highest BCUT2D eigenvalue weighted by molar-refractivity contribution is 5.88. The number of carbonyl (C=O) groups is 1. The summed E-state index contributed by atoms with van der Waals surface area (Å²) in [4.78, 5) is 13.6. The Hall–Kier alpha value is -1.55. The predicted octanol–water partition coefficient (Wildman–Crippen LogP) is 0.596. The predicted molar refractivity (Wildman–Crippen MR) is 59.0 cm³/mol. The van der Waals surface area contributed by atoms with E-state index in [1.54, 1.807) is 0 Å². The first-order chi connectivity index (χ1) is 7.86. The van der Waals surface area contributed by atoms with Crippen molar-refractivity contribution in [3.8, 4) is 5.75 Å². The molecule has 0 radical (unpaired) electrons. The van der Waals surface area contributed by atoms with E-state index in [4.69, 9.17) is 4.74 Å². The molecule has 1 aromatic carbocycles. The molecule has 2 saturated heterocycles. The maximum absolute atomic E-state index is 11.8. The quantitative estimate of drug-likeness (QED) is 0.739. The molecule has 2 atom stereocenters. The summed E-state index contributed by atoms with van der Waals surface area (Å²) in [6.07, 6.45) is 0.754. The van der Waals surface area contributed by atoms with E-state index in [1.807, 2.05) is 35.2 Å². The lowest BCUT2D eigenvalue weighted by molar-refractivity contribution is -0.168. The Balaban J connectivity index is 1.70. The van der Waals surface area contributed by atoms with Gasteiger partial charge in [-0.2, -0.15) is 0 Å². The van der Waals surface area contributed by atoms with Crippen molar-refractivity contribution in [1.29, 1.82) is 0 Å². The van der Waals surface area contributed by atoms with Gasteiger partial charge in [0.15, 0.2) is 0 Å². The fraction of sp³-hybridized carbons (Fsp3) is 0.417. The molecule has 16 heavy (non-hydrogen) atoms. The molecule has 84 valence electrons. The number of para-hydroxylation sites is 1. The highest BCUT2D eigenvalue weighted by Gasteiger charge is 2.50. The van der Waals surface area contributed by atoms with Crippen molar-refractivity contribution < 1.29 is 9.53 Å². The van der Waals surface area contributed by atoms with Crippen LogP contribution in [0.15, 0.2) is 30.3 Å². The molecule has 1 N–H and O–H groups in total. The number of nitrogens with one attached hydrogen (secondary N) is 1. The minimum atomic E-state index is -0.345. The van der Waals surface area contributed by atoms with Gasteiger partial charge in [0.25, 0.3) is 5.91 Å². The van der Waals surface area contributed by atoms with Crippen LogP contribution < -0.4 is 10.1 Å². The molecule has 0 spiro atoms. The van der Waals surface area contributed by atoms with Gasteiger partial charge in [0.05, 0.1) is 0 Å². The fourth-order valence-electron chi connectivity index (χ4n) is 2.24. The molecule has 0 aliphatic carbocycles. The zero-order valence-corrected chi connectivity index (χ0v) is 8.93. The lowest BCUT2D eigenvalue weighted by Gasteiger charge is -2.49. The monoisotopic (exact) mass is 218 g/mol. The molecule has 3 rings (SSSR count). The van der Waals surface area contributed by atoms with Crippen molar-refractivity contribution in [2.75, 3.05) is 13.1 Å². The Morgan fingerprint density at radius 3 is 2.94 bits per heavy atom. The van der Waals surface area contributed by atoms with E-state index in [2.05, 4.69) is 5.32 Å². The number of carbonyl (C=O) groups excluding carboxylic acids is 1. The largest absolute Gasteiger partial charge is 0.477 e. The summed E-state index contributed by atoms with van der Waals surface area (Å²) in [7, 11) is 0. The van der Waals surface area contributed by atoms with E-state index in [1.165, 1.54) is 0 Å². The summed E-state index contributed by atoms with van der Waals surface area (Å²) < 4.78 is 5.68. The van der Waals surface area contributed by atoms with Crippen LogP contribution in [0.5, 0.6) is 5.75 Å². The van der Waals surface area contributed by atoms with Gasteiger partial charge in [0, 0.05) is 6.54 Å². The number of ether oxygens (including phenoxy) is 1. The minimum absolute atomic E-state index is 0.0708. The molecule has 2 aliphatic heterocycles. The number of fused-ring (bicyclic) bond motifs is 1. The smallest absolute Gasteiger partial charge is 0.268 e. The van der Waals surface area contributed by atoms with Crippen molar-refractivity contribution in [3.05, 3.63) is 30.3 Å². The Kier molecular flexibility index (Phi) is 2.29. The number of rotatable bonds is 2. The molecule has 0 saturated carbocycles. The van der Waals surface area contributed by atoms with Gasteiger partial charge in [-0.05, 0) is 25.1 Å². The third-order valence-electron chi connectivity index (χ3n) is 3.08. The molecule has 0 unspecified atom stereocenters. The van der Waals surface area contributed by atoms with Gasteiger partial charge in [-0.1, -0.05) is 18.2 Å². The number of nitrogens with zero attached hydrogens (tertiary/aromatic N) is 1. The number of hydrogen-bond donors (Lipinski definition) is 1. The highest BCUT2D eigenvalue weighted by Crippen LogP contribution is 2.25. The zero-order valence-electron chi connectivity index (χ0n) is 8.93. The molecular weight excluding hydrogens is 204 g/mol. The lowest BCUT2D eigenvalue weighted by Crippen LogP contribution is -2.74. The van der Waals surface area contributed by atoms with Crippen LogP contribution in [0.4, 0.5) is 0 Å². The van der Waals surface area contributed by atoms with Crippen molar-refractivity contribution in [2.24, 2.45) is 0 Å². The maximum atomic E-state index is 11.8. The average Bonchev–Trinajstić information content (AvgIpc) is 2.37. The fourth-order valence-corrected chi connectivity index (χ4v) is 2.24. The molecule has 1 amide bonds. The third kappa shape index (κ3) is 1.46. The van der Waals surface area contributed by atoms with E-state index in [0.717, 1.165) is 25.3 Å². The van der Waals surface area contributed by atoms with Crippen molar-refractivity contribution in [2.45, 2.75) is 18.7 Å². The first kappa shape index (κ1) is 9.66. The summed E-state index contributed by atoms with van der Waals surface area (Å²) in [6, 6.07) is 9.49. The molecule has 2 fully saturated rings. The molecule has 0 aromatic heterocycles. The molecule has 2 heterocycles. The third-order valence-corrected chi connectivity index (χ3v) is 3.08. The summed E-state index contributed by atoms with van der Waals surface area (Å²) in [5, 5.41) is 3.30. The van der Waals surface area contributed by atoms with Crippen molar-refractivity contribution in [3.63, 3.8) is 0 Å². The second-order valence-corrected chi connectivity index (χ2v) is 4.14. The van der Waals surface area contributed by atoms with Crippen LogP contribution in [0.2, 0.25) is 0 Å². The van der Waals surface area contributed by atoms with Gasteiger partial charge in [-0.25, -0.2) is 0 Å². The van der Waals surface area contributed by atoms with E-state index in [0.29, 0.717) is 0 Å².